The molecule has 3 aromatic heterocycles. The van der Waals surface area contributed by atoms with E-state index in [1.165, 1.54) is 18.6 Å². The van der Waals surface area contributed by atoms with Crippen LogP contribution in [-0.2, 0) is 4.79 Å². The number of fused-ring (bicyclic) bond motifs is 1. The zero-order valence-corrected chi connectivity index (χ0v) is 21.6. The molecule has 0 aliphatic carbocycles. The summed E-state index contributed by atoms with van der Waals surface area (Å²) in [6.07, 6.45) is 4.50. The standard InChI is InChI=1S/C29H25N5O3S/c1-18-3-10-26(25(15-18)34-24-11-13-30-28-23(24)9-4-19(2)32-28)38-22-7-5-21(6-8-22)33-27(35)16-31-29(36)20-12-14-37-17-20/h3-15,17H,16H2,1-2H3,(H,31,36)(H,33,35)(H,30,32,34). The van der Waals surface area contributed by atoms with E-state index in [9.17, 15) is 9.59 Å². The molecule has 3 N–H and O–H groups in total. The van der Waals surface area contributed by atoms with Crippen LogP contribution in [0.4, 0.5) is 17.1 Å². The Morgan fingerprint density at radius 1 is 0.947 bits per heavy atom. The number of hydrogen-bond acceptors (Lipinski definition) is 7. The summed E-state index contributed by atoms with van der Waals surface area (Å²) in [6, 6.07) is 21.4. The third kappa shape index (κ3) is 6.01. The molecule has 0 radical (unpaired) electrons. The third-order valence-electron chi connectivity index (χ3n) is 5.71. The number of aromatic nitrogens is 2. The fourth-order valence-electron chi connectivity index (χ4n) is 3.80. The van der Waals surface area contributed by atoms with Gasteiger partial charge in [0.25, 0.3) is 5.91 Å². The predicted molar refractivity (Wildman–Crippen MR) is 149 cm³/mol. The van der Waals surface area contributed by atoms with Crippen molar-refractivity contribution < 1.29 is 14.0 Å². The summed E-state index contributed by atoms with van der Waals surface area (Å²) >= 11 is 1.62. The Hall–Kier alpha value is -4.63. The molecule has 5 aromatic rings. The molecule has 0 saturated heterocycles. The number of rotatable bonds is 8. The van der Waals surface area contributed by atoms with Gasteiger partial charge in [-0.3, -0.25) is 9.59 Å². The molecule has 0 bridgehead atoms. The minimum absolute atomic E-state index is 0.141. The zero-order valence-electron chi connectivity index (χ0n) is 20.8. The molecule has 5 rings (SSSR count). The summed E-state index contributed by atoms with van der Waals surface area (Å²) in [5, 5.41) is 9.88. The molecule has 9 heteroatoms. The van der Waals surface area contributed by atoms with Crippen LogP contribution in [0.15, 0.2) is 99.7 Å². The van der Waals surface area contributed by atoms with E-state index >= 15 is 0 Å². The topological polar surface area (TPSA) is 109 Å². The van der Waals surface area contributed by atoms with Gasteiger partial charge in [0.05, 0.1) is 29.7 Å². The lowest BCUT2D eigenvalue weighted by molar-refractivity contribution is -0.115. The fourth-order valence-corrected chi connectivity index (χ4v) is 4.69. The van der Waals surface area contributed by atoms with Crippen molar-refractivity contribution in [3.63, 3.8) is 0 Å². The molecule has 0 spiro atoms. The molecular weight excluding hydrogens is 498 g/mol. The van der Waals surface area contributed by atoms with Crippen molar-refractivity contribution in [2.24, 2.45) is 0 Å². The minimum atomic E-state index is -0.366. The average Bonchev–Trinajstić information content (AvgIpc) is 3.45. The normalized spacial score (nSPS) is 10.8. The van der Waals surface area contributed by atoms with E-state index in [2.05, 4.69) is 51.0 Å². The summed E-state index contributed by atoms with van der Waals surface area (Å²) in [5.41, 5.74) is 5.70. The monoisotopic (exact) mass is 523 g/mol. The quantitative estimate of drug-likeness (QED) is 0.225. The highest BCUT2D eigenvalue weighted by molar-refractivity contribution is 7.99. The van der Waals surface area contributed by atoms with E-state index in [1.807, 2.05) is 49.4 Å². The van der Waals surface area contributed by atoms with Crippen molar-refractivity contribution >= 4 is 51.7 Å². The van der Waals surface area contributed by atoms with Gasteiger partial charge in [0.1, 0.15) is 6.26 Å². The van der Waals surface area contributed by atoms with Crippen LogP contribution < -0.4 is 16.0 Å². The lowest BCUT2D eigenvalue weighted by atomic mass is 10.2. The van der Waals surface area contributed by atoms with Crippen LogP contribution in [0.1, 0.15) is 21.6 Å². The largest absolute Gasteiger partial charge is 0.472 e. The number of carbonyl (C=O) groups excluding carboxylic acids is 2. The molecule has 0 aliphatic rings. The van der Waals surface area contributed by atoms with Gasteiger partial charge >= 0.3 is 0 Å². The Balaban J connectivity index is 1.25. The Kier molecular flexibility index (Phi) is 7.37. The molecule has 0 atom stereocenters. The first-order valence-electron chi connectivity index (χ1n) is 11.9. The zero-order chi connectivity index (χ0) is 26.5. The van der Waals surface area contributed by atoms with Crippen LogP contribution in [0.2, 0.25) is 0 Å². The molecule has 2 aromatic carbocycles. The molecule has 38 heavy (non-hydrogen) atoms. The van der Waals surface area contributed by atoms with Crippen molar-refractivity contribution in [1.29, 1.82) is 0 Å². The maximum atomic E-state index is 12.3. The van der Waals surface area contributed by atoms with E-state index in [4.69, 9.17) is 4.42 Å². The van der Waals surface area contributed by atoms with Gasteiger partial charge in [0, 0.05) is 32.8 Å². The van der Waals surface area contributed by atoms with E-state index in [0.29, 0.717) is 16.9 Å². The number of hydrogen-bond donors (Lipinski definition) is 3. The Morgan fingerprint density at radius 3 is 2.58 bits per heavy atom. The fraction of sp³-hybridized carbons (Fsp3) is 0.103. The summed E-state index contributed by atoms with van der Waals surface area (Å²) in [6.45, 7) is 3.87. The first-order chi connectivity index (χ1) is 18.4. The number of aryl methyl sites for hydroxylation is 2. The number of pyridine rings is 2. The summed E-state index contributed by atoms with van der Waals surface area (Å²) in [4.78, 5) is 35.2. The van der Waals surface area contributed by atoms with Crippen molar-refractivity contribution in [2.75, 3.05) is 17.2 Å². The lowest BCUT2D eigenvalue weighted by Gasteiger charge is -2.15. The molecule has 190 valence electrons. The highest BCUT2D eigenvalue weighted by atomic mass is 32.2. The van der Waals surface area contributed by atoms with Gasteiger partial charge in [-0.25, -0.2) is 9.97 Å². The van der Waals surface area contributed by atoms with Crippen LogP contribution in [0.3, 0.4) is 0 Å². The number of benzene rings is 2. The third-order valence-corrected chi connectivity index (χ3v) is 6.79. The Bertz CT molecular complexity index is 1600. The van der Waals surface area contributed by atoms with Gasteiger partial charge in [0.2, 0.25) is 5.91 Å². The number of amides is 2. The van der Waals surface area contributed by atoms with Crippen molar-refractivity contribution in [1.82, 2.24) is 15.3 Å². The van der Waals surface area contributed by atoms with Gasteiger partial charge in [-0.15, -0.1) is 0 Å². The van der Waals surface area contributed by atoms with Crippen molar-refractivity contribution in [2.45, 2.75) is 23.6 Å². The van der Waals surface area contributed by atoms with Crippen LogP contribution >= 0.6 is 11.8 Å². The Labute approximate surface area is 223 Å². The minimum Gasteiger partial charge on any atom is -0.472 e. The van der Waals surface area contributed by atoms with Crippen LogP contribution in [0.25, 0.3) is 11.0 Å². The molecular formula is C29H25N5O3S. The second-order valence-corrected chi connectivity index (χ2v) is 9.79. The highest BCUT2D eigenvalue weighted by Crippen LogP contribution is 2.37. The average molecular weight is 524 g/mol. The van der Waals surface area contributed by atoms with E-state index < -0.39 is 0 Å². The highest BCUT2D eigenvalue weighted by Gasteiger charge is 2.11. The predicted octanol–water partition coefficient (Wildman–Crippen LogP) is 6.10. The van der Waals surface area contributed by atoms with Gasteiger partial charge in [0.15, 0.2) is 5.65 Å². The molecule has 0 aliphatic heterocycles. The second-order valence-electron chi connectivity index (χ2n) is 8.68. The molecule has 0 fully saturated rings. The van der Waals surface area contributed by atoms with Crippen LogP contribution in [0.5, 0.6) is 0 Å². The number of furan rings is 1. The first-order valence-corrected chi connectivity index (χ1v) is 12.7. The van der Waals surface area contributed by atoms with Crippen molar-refractivity contribution in [3.05, 3.63) is 102 Å². The van der Waals surface area contributed by atoms with E-state index in [0.717, 1.165) is 37.8 Å². The van der Waals surface area contributed by atoms with Gasteiger partial charge in [-0.1, -0.05) is 17.8 Å². The molecule has 0 saturated carbocycles. The molecule has 0 unspecified atom stereocenters. The Morgan fingerprint density at radius 2 is 1.79 bits per heavy atom. The van der Waals surface area contributed by atoms with Gasteiger partial charge in [-0.05, 0) is 80.1 Å². The molecule has 3 heterocycles. The molecule has 2 amide bonds. The summed E-state index contributed by atoms with van der Waals surface area (Å²) < 4.78 is 4.88. The second kappa shape index (κ2) is 11.2. The summed E-state index contributed by atoms with van der Waals surface area (Å²) in [5.74, 6) is -0.684. The summed E-state index contributed by atoms with van der Waals surface area (Å²) in [7, 11) is 0. The lowest BCUT2D eigenvalue weighted by Crippen LogP contribution is -2.32. The number of anilines is 3. The number of nitrogens with one attached hydrogen (secondary N) is 3. The van der Waals surface area contributed by atoms with E-state index in [1.54, 1.807) is 18.0 Å². The SMILES string of the molecule is Cc1ccc(Sc2ccc(NC(=O)CNC(=O)c3ccoc3)cc2)c(Nc2ccnc3nc(C)ccc23)c1. The maximum Gasteiger partial charge on any atom is 0.254 e. The first kappa shape index (κ1) is 25.0. The van der Waals surface area contributed by atoms with Crippen LogP contribution in [-0.4, -0.2) is 28.3 Å². The number of nitrogens with zero attached hydrogens (tertiary/aromatic N) is 2. The number of carbonyl (C=O) groups is 2. The van der Waals surface area contributed by atoms with Gasteiger partial charge in [-0.2, -0.15) is 0 Å². The van der Waals surface area contributed by atoms with E-state index in [-0.39, 0.29) is 18.4 Å². The van der Waals surface area contributed by atoms with Crippen LogP contribution in [0, 0.1) is 13.8 Å². The molecule has 8 nitrogen and oxygen atoms in total. The van der Waals surface area contributed by atoms with Gasteiger partial charge < -0.3 is 20.4 Å². The smallest absolute Gasteiger partial charge is 0.254 e. The van der Waals surface area contributed by atoms with Crippen molar-refractivity contribution in [3.8, 4) is 0 Å². The maximum absolute atomic E-state index is 12.3.